The Labute approximate surface area is 184 Å². The van der Waals surface area contributed by atoms with E-state index in [0.717, 1.165) is 27.9 Å². The van der Waals surface area contributed by atoms with Crippen molar-refractivity contribution in [2.75, 3.05) is 0 Å². The van der Waals surface area contributed by atoms with Crippen LogP contribution in [0.25, 0.3) is 6.08 Å². The summed E-state index contributed by atoms with van der Waals surface area (Å²) in [6.07, 6.45) is 1.83. The Morgan fingerprint density at radius 1 is 1.00 bits per heavy atom. The number of benzene rings is 3. The molecule has 1 fully saturated rings. The Balaban J connectivity index is 1.41. The van der Waals surface area contributed by atoms with Gasteiger partial charge in [-0.05, 0) is 90.3 Å². The SMILES string of the molecule is Cc1cc(C)cc(N=C2NC(=O)C(=Cc3ccc(OCc4ccc(F)cc4)cc3)S2)c1. The van der Waals surface area contributed by atoms with E-state index in [0.29, 0.717) is 22.4 Å². The van der Waals surface area contributed by atoms with Gasteiger partial charge in [0.15, 0.2) is 5.17 Å². The van der Waals surface area contributed by atoms with Crippen molar-refractivity contribution in [3.63, 3.8) is 0 Å². The van der Waals surface area contributed by atoms with Crippen molar-refractivity contribution in [3.8, 4) is 5.75 Å². The van der Waals surface area contributed by atoms with E-state index >= 15 is 0 Å². The van der Waals surface area contributed by atoms with Crippen LogP contribution in [-0.4, -0.2) is 11.1 Å². The van der Waals surface area contributed by atoms with E-state index in [1.54, 1.807) is 12.1 Å². The Morgan fingerprint density at radius 2 is 1.68 bits per heavy atom. The van der Waals surface area contributed by atoms with Crippen molar-refractivity contribution in [2.24, 2.45) is 4.99 Å². The number of amidine groups is 1. The number of aryl methyl sites for hydroxylation is 2. The normalized spacial score (nSPS) is 16.0. The predicted molar refractivity (Wildman–Crippen MR) is 124 cm³/mol. The number of nitrogens with one attached hydrogen (secondary N) is 1. The van der Waals surface area contributed by atoms with E-state index in [1.165, 1.54) is 23.9 Å². The van der Waals surface area contributed by atoms with Gasteiger partial charge in [0.1, 0.15) is 18.2 Å². The van der Waals surface area contributed by atoms with E-state index < -0.39 is 0 Å². The molecule has 3 aromatic carbocycles. The van der Waals surface area contributed by atoms with Gasteiger partial charge in [-0.3, -0.25) is 4.79 Å². The number of halogens is 1. The van der Waals surface area contributed by atoms with E-state index in [4.69, 9.17) is 4.74 Å². The maximum atomic E-state index is 13.0. The van der Waals surface area contributed by atoms with Crippen molar-refractivity contribution in [2.45, 2.75) is 20.5 Å². The Hall–Kier alpha value is -3.38. The predicted octanol–water partition coefficient (Wildman–Crippen LogP) is 5.91. The van der Waals surface area contributed by atoms with Crippen LogP contribution >= 0.6 is 11.8 Å². The summed E-state index contributed by atoms with van der Waals surface area (Å²) in [7, 11) is 0. The van der Waals surface area contributed by atoms with Gasteiger partial charge < -0.3 is 10.1 Å². The molecule has 1 aliphatic heterocycles. The Kier molecular flexibility index (Phi) is 6.18. The number of aliphatic imine (C=N–C) groups is 1. The lowest BCUT2D eigenvalue weighted by molar-refractivity contribution is -0.115. The highest BCUT2D eigenvalue weighted by atomic mass is 32.2. The van der Waals surface area contributed by atoms with Gasteiger partial charge >= 0.3 is 0 Å². The first-order valence-corrected chi connectivity index (χ1v) is 10.6. The molecule has 156 valence electrons. The number of amides is 1. The summed E-state index contributed by atoms with van der Waals surface area (Å²) in [5.74, 6) is 0.272. The first-order valence-electron chi connectivity index (χ1n) is 9.80. The van der Waals surface area contributed by atoms with Crippen molar-refractivity contribution in [1.29, 1.82) is 0 Å². The summed E-state index contributed by atoms with van der Waals surface area (Å²) in [5.41, 5.74) is 4.86. The number of rotatable bonds is 5. The minimum absolute atomic E-state index is 0.162. The van der Waals surface area contributed by atoms with Gasteiger partial charge in [-0.25, -0.2) is 9.38 Å². The quantitative estimate of drug-likeness (QED) is 0.510. The highest BCUT2D eigenvalue weighted by Gasteiger charge is 2.23. The Morgan fingerprint density at radius 3 is 2.35 bits per heavy atom. The summed E-state index contributed by atoms with van der Waals surface area (Å²) in [5, 5.41) is 3.39. The van der Waals surface area contributed by atoms with Crippen LogP contribution in [-0.2, 0) is 11.4 Å². The molecule has 1 amide bonds. The third-order valence-electron chi connectivity index (χ3n) is 4.58. The summed E-state index contributed by atoms with van der Waals surface area (Å²) >= 11 is 1.32. The molecule has 0 spiro atoms. The summed E-state index contributed by atoms with van der Waals surface area (Å²) in [4.78, 5) is 17.5. The van der Waals surface area contributed by atoms with Gasteiger partial charge in [0.2, 0.25) is 0 Å². The molecule has 0 aliphatic carbocycles. The van der Waals surface area contributed by atoms with Gasteiger partial charge in [0.05, 0.1) is 10.6 Å². The van der Waals surface area contributed by atoms with Crippen molar-refractivity contribution in [1.82, 2.24) is 5.32 Å². The lowest BCUT2D eigenvalue weighted by atomic mass is 10.1. The third kappa shape index (κ3) is 5.61. The van der Waals surface area contributed by atoms with Crippen molar-refractivity contribution >= 4 is 34.6 Å². The number of nitrogens with zero attached hydrogens (tertiary/aromatic N) is 1. The molecule has 0 unspecified atom stereocenters. The molecular weight excluding hydrogens is 411 g/mol. The van der Waals surface area contributed by atoms with Crippen LogP contribution in [0.4, 0.5) is 10.1 Å². The zero-order valence-corrected chi connectivity index (χ0v) is 18.0. The van der Waals surface area contributed by atoms with Gasteiger partial charge in [0, 0.05) is 0 Å². The van der Waals surface area contributed by atoms with Crippen LogP contribution in [0.1, 0.15) is 22.3 Å². The second kappa shape index (κ2) is 9.18. The first kappa shape index (κ1) is 20.9. The molecule has 1 aliphatic rings. The minimum atomic E-state index is -0.267. The molecule has 1 saturated heterocycles. The molecule has 0 saturated carbocycles. The molecule has 0 atom stereocenters. The molecule has 0 radical (unpaired) electrons. The van der Waals surface area contributed by atoms with E-state index in [2.05, 4.69) is 16.4 Å². The van der Waals surface area contributed by atoms with Crippen LogP contribution in [0.5, 0.6) is 5.75 Å². The molecule has 4 rings (SSSR count). The summed E-state index contributed by atoms with van der Waals surface area (Å²) in [6.45, 7) is 4.40. The molecule has 4 nitrogen and oxygen atoms in total. The highest BCUT2D eigenvalue weighted by Crippen LogP contribution is 2.29. The van der Waals surface area contributed by atoms with Crippen molar-refractivity contribution in [3.05, 3.63) is 99.7 Å². The maximum absolute atomic E-state index is 13.0. The number of carbonyl (C=O) groups is 1. The molecule has 31 heavy (non-hydrogen) atoms. The largest absolute Gasteiger partial charge is 0.489 e. The number of carbonyl (C=O) groups excluding carboxylic acids is 1. The van der Waals surface area contributed by atoms with Gasteiger partial charge in [-0.1, -0.05) is 30.3 Å². The zero-order chi connectivity index (χ0) is 21.8. The van der Waals surface area contributed by atoms with Crippen molar-refractivity contribution < 1.29 is 13.9 Å². The zero-order valence-electron chi connectivity index (χ0n) is 17.2. The smallest absolute Gasteiger partial charge is 0.264 e. The highest BCUT2D eigenvalue weighted by molar-refractivity contribution is 8.18. The molecule has 0 aromatic heterocycles. The number of hydrogen-bond donors (Lipinski definition) is 1. The van der Waals surface area contributed by atoms with Gasteiger partial charge in [0.25, 0.3) is 5.91 Å². The summed E-state index contributed by atoms with van der Waals surface area (Å²) in [6, 6.07) is 19.7. The molecule has 6 heteroatoms. The molecule has 1 N–H and O–H groups in total. The average Bonchev–Trinajstić information content (AvgIpc) is 3.06. The molecule has 3 aromatic rings. The first-order chi connectivity index (χ1) is 14.9. The lowest BCUT2D eigenvalue weighted by Crippen LogP contribution is -2.19. The second-order valence-corrected chi connectivity index (χ2v) is 8.34. The fraction of sp³-hybridized carbons (Fsp3) is 0.120. The maximum Gasteiger partial charge on any atom is 0.264 e. The number of ether oxygens (including phenoxy) is 1. The molecule has 1 heterocycles. The fourth-order valence-electron chi connectivity index (χ4n) is 3.17. The standard InChI is InChI=1S/C25H21FN2O2S/c1-16-11-17(2)13-21(12-16)27-25-28-24(29)23(31-25)14-18-5-9-22(10-6-18)30-15-19-3-7-20(26)8-4-19/h3-14H,15H2,1-2H3,(H,27,28,29). The molecular formula is C25H21FN2O2S. The van der Waals surface area contributed by atoms with Crippen LogP contribution in [0, 0.1) is 19.7 Å². The molecule has 0 bridgehead atoms. The fourth-order valence-corrected chi connectivity index (χ4v) is 4.01. The van der Waals surface area contributed by atoms with E-state index in [1.807, 2.05) is 56.3 Å². The Bertz CT molecular complexity index is 1150. The van der Waals surface area contributed by atoms with Gasteiger partial charge in [-0.15, -0.1) is 0 Å². The average molecular weight is 433 g/mol. The third-order valence-corrected chi connectivity index (χ3v) is 5.49. The topological polar surface area (TPSA) is 50.7 Å². The van der Waals surface area contributed by atoms with E-state index in [9.17, 15) is 9.18 Å². The van der Waals surface area contributed by atoms with Crippen LogP contribution in [0.15, 0.2) is 76.6 Å². The number of thioether (sulfide) groups is 1. The van der Waals surface area contributed by atoms with Crippen LogP contribution in [0.3, 0.4) is 0 Å². The monoisotopic (exact) mass is 432 g/mol. The lowest BCUT2D eigenvalue weighted by Gasteiger charge is -2.06. The summed E-state index contributed by atoms with van der Waals surface area (Å²) < 4.78 is 18.7. The van der Waals surface area contributed by atoms with E-state index in [-0.39, 0.29) is 11.7 Å². The minimum Gasteiger partial charge on any atom is -0.489 e. The van der Waals surface area contributed by atoms with Crippen LogP contribution < -0.4 is 10.1 Å². The second-order valence-electron chi connectivity index (χ2n) is 7.31. The van der Waals surface area contributed by atoms with Gasteiger partial charge in [-0.2, -0.15) is 0 Å². The number of hydrogen-bond acceptors (Lipinski definition) is 4. The van der Waals surface area contributed by atoms with Crippen LogP contribution in [0.2, 0.25) is 0 Å².